The number of para-hydroxylation sites is 1. The minimum Gasteiger partial charge on any atom is -0.228 e. The Bertz CT molecular complexity index is 2680. The monoisotopic (exact) mass is 650 g/mol. The molecule has 0 radical (unpaired) electrons. The van der Waals surface area contributed by atoms with Gasteiger partial charge in [0.1, 0.15) is 0 Å². The molecule has 0 saturated carbocycles. The Morgan fingerprint density at radius 3 is 1.84 bits per heavy atom. The van der Waals surface area contributed by atoms with E-state index in [-0.39, 0.29) is 0 Å². The van der Waals surface area contributed by atoms with Crippen LogP contribution in [0.4, 0.5) is 0 Å². The number of hydrogen-bond acceptors (Lipinski definition) is 2. The summed E-state index contributed by atoms with van der Waals surface area (Å²) in [4.78, 5) is 10.2. The fourth-order valence-electron chi connectivity index (χ4n) is 7.71. The van der Waals surface area contributed by atoms with Gasteiger partial charge in [-0.1, -0.05) is 170 Å². The molecule has 1 aliphatic rings. The summed E-state index contributed by atoms with van der Waals surface area (Å²) in [5.41, 5.74) is 16.2. The van der Waals surface area contributed by atoms with Crippen LogP contribution in [-0.4, -0.2) is 9.97 Å². The number of rotatable bonds is 7. The van der Waals surface area contributed by atoms with E-state index in [9.17, 15) is 0 Å². The molecule has 2 heteroatoms. The summed E-state index contributed by atoms with van der Waals surface area (Å²) in [5, 5.41) is 3.60. The van der Waals surface area contributed by atoms with Crippen molar-refractivity contribution in [2.45, 2.75) is 6.92 Å². The van der Waals surface area contributed by atoms with Gasteiger partial charge in [0.25, 0.3) is 0 Å². The molecule has 0 saturated heterocycles. The van der Waals surface area contributed by atoms with E-state index in [1.807, 2.05) is 37.3 Å². The van der Waals surface area contributed by atoms with Gasteiger partial charge in [-0.2, -0.15) is 0 Å². The first kappa shape index (κ1) is 30.4. The van der Waals surface area contributed by atoms with Crippen LogP contribution in [0.2, 0.25) is 0 Å². The minimum atomic E-state index is 0.694. The lowest BCUT2D eigenvalue weighted by Gasteiger charge is -2.21. The predicted octanol–water partition coefficient (Wildman–Crippen LogP) is 13.2. The Balaban J connectivity index is 1.28. The van der Waals surface area contributed by atoms with Gasteiger partial charge in [-0.3, -0.25) is 0 Å². The van der Waals surface area contributed by atoms with Crippen molar-refractivity contribution >= 4 is 27.2 Å². The van der Waals surface area contributed by atoms with Crippen LogP contribution in [0.5, 0.6) is 0 Å². The van der Waals surface area contributed by atoms with Crippen LogP contribution in [0.3, 0.4) is 0 Å². The molecular weight excluding hydrogens is 617 g/mol. The SMILES string of the molecule is C=C/C=C(\C=C/C)c1nc(-c2ccc(-c3cc(-c4ccccc4)c4c(c3-c3ccccc3)-c3cccc5cccc-4c35)cc2)nc2ccccc12. The summed E-state index contributed by atoms with van der Waals surface area (Å²) in [7, 11) is 0. The van der Waals surface area contributed by atoms with E-state index in [0.29, 0.717) is 5.82 Å². The Kier molecular flexibility index (Phi) is 7.56. The van der Waals surface area contributed by atoms with Crippen LogP contribution < -0.4 is 0 Å². The first-order chi connectivity index (χ1) is 25.2. The zero-order valence-corrected chi connectivity index (χ0v) is 28.3. The molecule has 7 aromatic carbocycles. The maximum absolute atomic E-state index is 5.14. The minimum absolute atomic E-state index is 0.694. The molecule has 0 N–H and O–H groups in total. The summed E-state index contributed by atoms with van der Waals surface area (Å²) < 4.78 is 0. The highest BCUT2D eigenvalue weighted by Crippen LogP contribution is 2.57. The molecule has 0 spiro atoms. The highest BCUT2D eigenvalue weighted by Gasteiger charge is 2.30. The molecule has 0 aliphatic heterocycles. The third-order valence-corrected chi connectivity index (χ3v) is 9.89. The molecule has 0 fully saturated rings. The van der Waals surface area contributed by atoms with Gasteiger partial charge in [-0.05, 0) is 85.5 Å². The predicted molar refractivity (Wildman–Crippen MR) is 216 cm³/mol. The number of benzene rings is 7. The maximum Gasteiger partial charge on any atom is 0.160 e. The summed E-state index contributed by atoms with van der Waals surface area (Å²) in [6.07, 6.45) is 7.92. The lowest BCUT2D eigenvalue weighted by atomic mass is 9.82. The van der Waals surface area contributed by atoms with Crippen molar-refractivity contribution in [3.63, 3.8) is 0 Å². The molecular formula is C49H34N2. The van der Waals surface area contributed by atoms with Gasteiger partial charge in [-0.15, -0.1) is 0 Å². The van der Waals surface area contributed by atoms with Crippen LogP contribution >= 0.6 is 0 Å². The Labute approximate surface area is 298 Å². The molecule has 0 bridgehead atoms. The topological polar surface area (TPSA) is 25.8 Å². The fourth-order valence-corrected chi connectivity index (χ4v) is 7.71. The number of hydrogen-bond donors (Lipinski definition) is 0. The molecule has 0 amide bonds. The molecule has 1 heterocycles. The highest BCUT2D eigenvalue weighted by atomic mass is 14.9. The molecule has 2 nitrogen and oxygen atoms in total. The van der Waals surface area contributed by atoms with E-state index in [4.69, 9.17) is 9.97 Å². The molecule has 240 valence electrons. The molecule has 9 rings (SSSR count). The van der Waals surface area contributed by atoms with Crippen LogP contribution in [0.1, 0.15) is 12.6 Å². The molecule has 0 atom stereocenters. The van der Waals surface area contributed by atoms with Crippen LogP contribution in [0.25, 0.3) is 94.3 Å². The summed E-state index contributed by atoms with van der Waals surface area (Å²) in [6, 6.07) is 54.5. The van der Waals surface area contributed by atoms with Crippen molar-refractivity contribution in [2.75, 3.05) is 0 Å². The van der Waals surface area contributed by atoms with Crippen molar-refractivity contribution in [2.24, 2.45) is 0 Å². The van der Waals surface area contributed by atoms with Gasteiger partial charge >= 0.3 is 0 Å². The Morgan fingerprint density at radius 2 is 1.14 bits per heavy atom. The Morgan fingerprint density at radius 1 is 0.529 bits per heavy atom. The number of fused-ring (bicyclic) bond motifs is 4. The number of aromatic nitrogens is 2. The third-order valence-electron chi connectivity index (χ3n) is 9.89. The van der Waals surface area contributed by atoms with Gasteiger partial charge in [0.05, 0.1) is 11.2 Å². The number of allylic oxidation sites excluding steroid dienone is 5. The van der Waals surface area contributed by atoms with E-state index in [1.165, 1.54) is 60.8 Å². The van der Waals surface area contributed by atoms with Gasteiger partial charge in [0.2, 0.25) is 0 Å². The second-order valence-electron chi connectivity index (χ2n) is 12.9. The maximum atomic E-state index is 5.14. The lowest BCUT2D eigenvalue weighted by molar-refractivity contribution is 1.20. The van der Waals surface area contributed by atoms with Crippen LogP contribution in [0.15, 0.2) is 183 Å². The van der Waals surface area contributed by atoms with Gasteiger partial charge in [0, 0.05) is 16.5 Å². The molecule has 1 aliphatic carbocycles. The fraction of sp³-hybridized carbons (Fsp3) is 0.0204. The smallest absolute Gasteiger partial charge is 0.160 e. The van der Waals surface area contributed by atoms with E-state index < -0.39 is 0 Å². The quantitative estimate of drug-likeness (QED) is 0.160. The summed E-state index contributed by atoms with van der Waals surface area (Å²) >= 11 is 0. The van der Waals surface area contributed by atoms with Gasteiger partial charge in [0.15, 0.2) is 5.82 Å². The second kappa shape index (κ2) is 12.7. The first-order valence-electron chi connectivity index (χ1n) is 17.4. The zero-order valence-electron chi connectivity index (χ0n) is 28.3. The second-order valence-corrected chi connectivity index (χ2v) is 12.9. The average Bonchev–Trinajstić information content (AvgIpc) is 3.53. The lowest BCUT2D eigenvalue weighted by Crippen LogP contribution is -1.98. The van der Waals surface area contributed by atoms with Crippen LogP contribution in [0, 0.1) is 0 Å². The van der Waals surface area contributed by atoms with Gasteiger partial charge < -0.3 is 0 Å². The molecule has 8 aromatic rings. The first-order valence-corrected chi connectivity index (χ1v) is 17.4. The number of nitrogens with zero attached hydrogens (tertiary/aromatic N) is 2. The largest absolute Gasteiger partial charge is 0.228 e. The van der Waals surface area contributed by atoms with Crippen molar-refractivity contribution in [1.82, 2.24) is 9.97 Å². The zero-order chi connectivity index (χ0) is 34.3. The van der Waals surface area contributed by atoms with Crippen LogP contribution in [-0.2, 0) is 0 Å². The summed E-state index contributed by atoms with van der Waals surface area (Å²) in [5.74, 6) is 0.694. The molecule has 1 aromatic heterocycles. The standard InChI is InChI=1S/C49H34N2/c1-3-15-36(16-4-2)48-38-23-11-12-26-43(38)50-49(51-48)37-29-27-33(28-30-37)41-31-42(32-17-7-5-8-18-32)46-39-24-13-21-34-22-14-25-40(44(34)39)47(46)45(41)35-19-9-6-10-20-35/h3-31H,1H2,2H3/b16-4-,36-15+. The normalized spacial score (nSPS) is 12.1. The molecule has 51 heavy (non-hydrogen) atoms. The van der Waals surface area contributed by atoms with Crippen molar-refractivity contribution in [3.05, 3.63) is 188 Å². The Hall–Kier alpha value is -6.64. The molecule has 0 unspecified atom stereocenters. The van der Waals surface area contributed by atoms with Crippen molar-refractivity contribution < 1.29 is 0 Å². The van der Waals surface area contributed by atoms with E-state index in [1.54, 1.807) is 0 Å². The van der Waals surface area contributed by atoms with Gasteiger partial charge in [-0.25, -0.2) is 9.97 Å². The third kappa shape index (κ3) is 5.12. The van der Waals surface area contributed by atoms with Crippen molar-refractivity contribution in [1.29, 1.82) is 0 Å². The highest BCUT2D eigenvalue weighted by molar-refractivity contribution is 6.22. The summed E-state index contributed by atoms with van der Waals surface area (Å²) in [6.45, 7) is 5.97. The van der Waals surface area contributed by atoms with E-state index in [2.05, 4.69) is 152 Å². The van der Waals surface area contributed by atoms with Crippen molar-refractivity contribution in [3.8, 4) is 67.0 Å². The average molecular weight is 651 g/mol. The van der Waals surface area contributed by atoms with E-state index in [0.717, 1.165) is 33.3 Å². The van der Waals surface area contributed by atoms with E-state index >= 15 is 0 Å².